The van der Waals surface area contributed by atoms with Crippen LogP contribution in [0, 0.1) is 0 Å². The van der Waals surface area contributed by atoms with E-state index < -0.39 is 15.6 Å². The van der Waals surface area contributed by atoms with Gasteiger partial charge in [0.05, 0.1) is 7.82 Å². The molecule has 1 N–H and O–H groups in total. The molecule has 0 aliphatic heterocycles. The van der Waals surface area contributed by atoms with Gasteiger partial charge in [0, 0.05) is 0 Å². The maximum atomic E-state index is 9.44. The van der Waals surface area contributed by atoms with Crippen molar-refractivity contribution in [1.29, 1.82) is 0 Å². The minimum Gasteiger partial charge on any atom is -0.790 e. The van der Waals surface area contributed by atoms with E-state index in [9.17, 15) is 23.8 Å². The second-order valence-electron chi connectivity index (χ2n) is 0.997. The Morgan fingerprint density at radius 3 is 1.45 bits per heavy atom. The molecule has 0 saturated heterocycles. The second kappa shape index (κ2) is 6.24. The molecule has 0 aromatic heterocycles. The zero-order valence-electron chi connectivity index (χ0n) is 5.11. The van der Waals surface area contributed by atoms with Gasteiger partial charge in [-0.1, -0.05) is 0 Å². The fourth-order valence-corrected chi connectivity index (χ4v) is 1.14. The van der Waals surface area contributed by atoms with E-state index >= 15 is 0 Å². The Morgan fingerprint density at radius 1 is 1.18 bits per heavy atom. The SMILES string of the molecule is O=P([O-])([O-])OP(=O)([O-])O.[Na+].[Ni+2]. The molecule has 11 heteroatoms. The van der Waals surface area contributed by atoms with Crippen molar-refractivity contribution in [2.24, 2.45) is 0 Å². The first-order chi connectivity index (χ1) is 3.71. The molecule has 0 spiro atoms. The molecule has 0 heterocycles. The first kappa shape index (κ1) is 18.5. The normalized spacial score (nSPS) is 15.6. The summed E-state index contributed by atoms with van der Waals surface area (Å²) in [4.78, 5) is 35.7. The number of hydrogen-bond acceptors (Lipinski definition) is 6. The van der Waals surface area contributed by atoms with Crippen LogP contribution in [0.2, 0.25) is 0 Å². The van der Waals surface area contributed by atoms with Crippen molar-refractivity contribution in [1.82, 2.24) is 0 Å². The van der Waals surface area contributed by atoms with Crippen molar-refractivity contribution < 1.29 is 79.1 Å². The smallest absolute Gasteiger partial charge is 0.790 e. The zero-order chi connectivity index (χ0) is 7.71. The summed E-state index contributed by atoms with van der Waals surface area (Å²) in [6, 6.07) is 0. The Morgan fingerprint density at radius 2 is 1.45 bits per heavy atom. The molecular formula is HNaNiO7P2. The second-order valence-corrected chi connectivity index (χ2v) is 3.48. The molecule has 7 nitrogen and oxygen atoms in total. The Kier molecular flexibility index (Phi) is 10.5. The van der Waals surface area contributed by atoms with Gasteiger partial charge in [-0.15, -0.1) is 0 Å². The quantitative estimate of drug-likeness (QED) is 0.384. The predicted octanol–water partition coefficient (Wildman–Crippen LogP) is -5.71. The first-order valence-corrected chi connectivity index (χ1v) is 4.43. The summed E-state index contributed by atoms with van der Waals surface area (Å²) in [6.45, 7) is 0. The third kappa shape index (κ3) is 18.6. The van der Waals surface area contributed by atoms with E-state index in [1.807, 2.05) is 0 Å². The molecule has 11 heavy (non-hydrogen) atoms. The van der Waals surface area contributed by atoms with Crippen LogP contribution in [0.3, 0.4) is 0 Å². The summed E-state index contributed by atoms with van der Waals surface area (Å²) in [5.74, 6) is 0. The van der Waals surface area contributed by atoms with Crippen LogP contribution in [0.4, 0.5) is 0 Å². The molecule has 0 aliphatic rings. The molecule has 0 radical (unpaired) electrons. The molecule has 1 atom stereocenters. The van der Waals surface area contributed by atoms with E-state index in [0.29, 0.717) is 0 Å². The molecule has 0 fully saturated rings. The van der Waals surface area contributed by atoms with E-state index in [0.717, 1.165) is 0 Å². The van der Waals surface area contributed by atoms with Crippen molar-refractivity contribution in [2.75, 3.05) is 0 Å². The van der Waals surface area contributed by atoms with Gasteiger partial charge in [-0.25, -0.2) is 0 Å². The average Bonchev–Trinajstić information content (AvgIpc) is 1.14. The van der Waals surface area contributed by atoms with Gasteiger partial charge in [0.15, 0.2) is 0 Å². The molecule has 64 valence electrons. The summed E-state index contributed by atoms with van der Waals surface area (Å²) in [5.41, 5.74) is 0. The minimum absolute atomic E-state index is 0. The molecule has 0 amide bonds. The van der Waals surface area contributed by atoms with Crippen molar-refractivity contribution >= 4 is 15.6 Å². The Labute approximate surface area is 94.2 Å². The standard InChI is InChI=1S/Na.Ni.H4O7P2/c;;1-8(2,3)7-9(4,5)6/h;;(H2,1,2,3)(H2,4,5,6)/q+1;+2;/p-3. The van der Waals surface area contributed by atoms with Crippen molar-refractivity contribution in [3.8, 4) is 0 Å². The molecule has 0 aliphatic carbocycles. The van der Waals surface area contributed by atoms with Gasteiger partial charge in [0.25, 0.3) is 7.82 Å². The van der Waals surface area contributed by atoms with E-state index in [1.165, 1.54) is 0 Å². The van der Waals surface area contributed by atoms with Crippen LogP contribution >= 0.6 is 15.6 Å². The zero-order valence-corrected chi connectivity index (χ0v) is 9.88. The van der Waals surface area contributed by atoms with Gasteiger partial charge in [0.1, 0.15) is 0 Å². The third-order valence-corrected chi connectivity index (χ3v) is 1.83. The van der Waals surface area contributed by atoms with Gasteiger partial charge in [0.2, 0.25) is 0 Å². The van der Waals surface area contributed by atoms with Gasteiger partial charge in [-0.05, 0) is 0 Å². The molecule has 0 bridgehead atoms. The van der Waals surface area contributed by atoms with Crippen molar-refractivity contribution in [3.63, 3.8) is 0 Å². The van der Waals surface area contributed by atoms with Gasteiger partial charge >= 0.3 is 46.0 Å². The van der Waals surface area contributed by atoms with E-state index in [1.54, 1.807) is 0 Å². The van der Waals surface area contributed by atoms with Crippen LogP contribution in [0.1, 0.15) is 0 Å². The van der Waals surface area contributed by atoms with Crippen LogP contribution in [0.5, 0.6) is 0 Å². The minimum atomic E-state index is -5.61. The van der Waals surface area contributed by atoms with E-state index in [-0.39, 0.29) is 46.0 Å². The Balaban J connectivity index is -0.000000320. The fourth-order valence-electron chi connectivity index (χ4n) is 0.126. The topological polar surface area (TPSA) is 133 Å². The van der Waals surface area contributed by atoms with Crippen LogP contribution < -0.4 is 44.2 Å². The molecule has 0 aromatic carbocycles. The average molecular weight is 257 g/mol. The van der Waals surface area contributed by atoms with Gasteiger partial charge < -0.3 is 24.1 Å². The van der Waals surface area contributed by atoms with Crippen LogP contribution in [-0.2, 0) is 29.9 Å². The van der Waals surface area contributed by atoms with Crippen LogP contribution in [0.25, 0.3) is 0 Å². The fraction of sp³-hybridized carbons (Fsp3) is 0. The third-order valence-electron chi connectivity index (χ3n) is 0.203. The van der Waals surface area contributed by atoms with Crippen LogP contribution in [-0.4, -0.2) is 4.89 Å². The summed E-state index contributed by atoms with van der Waals surface area (Å²) >= 11 is 0. The Hall–Kier alpha value is 1.75. The van der Waals surface area contributed by atoms with Gasteiger partial charge in [-0.2, -0.15) is 0 Å². The monoisotopic (exact) mass is 256 g/mol. The molecule has 1 unspecified atom stereocenters. The van der Waals surface area contributed by atoms with Crippen molar-refractivity contribution in [3.05, 3.63) is 0 Å². The molecule has 0 aromatic rings. The van der Waals surface area contributed by atoms with Crippen molar-refractivity contribution in [2.45, 2.75) is 0 Å². The summed E-state index contributed by atoms with van der Waals surface area (Å²) in [6.07, 6.45) is 0. The van der Waals surface area contributed by atoms with Gasteiger partial charge in [-0.3, -0.25) is 8.88 Å². The number of phosphoric acid groups is 2. The van der Waals surface area contributed by atoms with Crippen LogP contribution in [0.15, 0.2) is 0 Å². The Bertz CT molecular complexity index is 157. The largest absolute Gasteiger partial charge is 2.00 e. The van der Waals surface area contributed by atoms with E-state index in [2.05, 4.69) is 4.31 Å². The molecule has 0 saturated carbocycles. The summed E-state index contributed by atoms with van der Waals surface area (Å²) < 4.78 is 21.4. The first-order valence-electron chi connectivity index (χ1n) is 1.48. The summed E-state index contributed by atoms with van der Waals surface area (Å²) in [7, 11) is -11.0. The molecule has 0 rings (SSSR count). The maximum absolute atomic E-state index is 9.44. The number of rotatable bonds is 2. The summed E-state index contributed by atoms with van der Waals surface area (Å²) in [5, 5.41) is 0. The predicted molar refractivity (Wildman–Crippen MR) is 18.5 cm³/mol. The molecular weight excluding hydrogens is 256 g/mol. The number of hydrogen-bond donors (Lipinski definition) is 1. The van der Waals surface area contributed by atoms with E-state index in [4.69, 9.17) is 4.89 Å². The maximum Gasteiger partial charge on any atom is 2.00 e.